The van der Waals surface area contributed by atoms with E-state index in [9.17, 15) is 29.7 Å². The van der Waals surface area contributed by atoms with E-state index in [0.29, 0.717) is 0 Å². The predicted molar refractivity (Wildman–Crippen MR) is 63.6 cm³/mol. The summed E-state index contributed by atoms with van der Waals surface area (Å²) in [6.45, 7) is 0. The molecule has 1 aliphatic rings. The largest absolute Gasteiger partial charge is 2.00 e. The second kappa shape index (κ2) is 14.0. The van der Waals surface area contributed by atoms with Gasteiger partial charge in [0.1, 0.15) is 6.10 Å². The molecule has 4 unspecified atom stereocenters. The van der Waals surface area contributed by atoms with Crippen LogP contribution in [0.25, 0.3) is 0 Å². The van der Waals surface area contributed by atoms with Crippen LogP contribution >= 0.6 is 0 Å². The van der Waals surface area contributed by atoms with Crippen molar-refractivity contribution in [1.82, 2.24) is 0 Å². The summed E-state index contributed by atoms with van der Waals surface area (Å²) >= 11 is 0. The van der Waals surface area contributed by atoms with Gasteiger partial charge in [0.25, 0.3) is 0 Å². The van der Waals surface area contributed by atoms with Crippen molar-refractivity contribution in [3.05, 3.63) is 0 Å². The van der Waals surface area contributed by atoms with Crippen molar-refractivity contribution in [2.24, 2.45) is 17.4 Å². The Bertz CT molecular complexity index is 374. The van der Waals surface area contributed by atoms with Gasteiger partial charge in [0, 0.05) is 51.0 Å². The summed E-state index contributed by atoms with van der Waals surface area (Å²) < 4.78 is 0. The average Bonchev–Trinajstić information content (AvgIpc) is 2.39. The van der Waals surface area contributed by atoms with Crippen LogP contribution in [0.3, 0.4) is 0 Å². The second-order valence-electron chi connectivity index (χ2n) is 4.88. The molecule has 0 aliphatic heterocycles. The van der Waals surface area contributed by atoms with Crippen molar-refractivity contribution in [3.63, 3.8) is 0 Å². The normalized spacial score (nSPS) is 22.0. The fourth-order valence-corrected chi connectivity index (χ4v) is 1.86. The number of rotatable bonds is 5. The maximum Gasteiger partial charge on any atom is 2.00 e. The monoisotopic (exact) mass is 693 g/mol. The van der Waals surface area contributed by atoms with Crippen LogP contribution in [0, 0.1) is 5.92 Å². The molecule has 0 radical (unpaired) electrons. The molecule has 0 heterocycles. The van der Waals surface area contributed by atoms with E-state index in [0.717, 1.165) is 12.8 Å². The first-order valence-corrected chi connectivity index (χ1v) is 6.47. The number of aliphatic hydroxyl groups is 1. The number of carboxylic acid groups (broad SMARTS) is 3. The number of carbonyl (C=O) groups is 3. The fourth-order valence-electron chi connectivity index (χ4n) is 1.86. The molecule has 0 aromatic carbocycles. The van der Waals surface area contributed by atoms with E-state index >= 15 is 0 Å². The molecule has 140 valence electrons. The number of hydrogen-bond donors (Lipinski definition) is 3. The third-order valence-corrected chi connectivity index (χ3v) is 3.19. The first kappa shape index (κ1) is 27.5. The van der Waals surface area contributed by atoms with Crippen molar-refractivity contribution in [2.75, 3.05) is 0 Å². The molecule has 1 rings (SSSR count). The van der Waals surface area contributed by atoms with Crippen LogP contribution in [0.2, 0.25) is 0 Å². The molecule has 0 bridgehead atoms. The molecule has 11 heteroatoms. The first-order valence-electron chi connectivity index (χ1n) is 6.47. The topological polar surface area (TPSA) is 193 Å². The van der Waals surface area contributed by atoms with Gasteiger partial charge in [-0.05, 0) is 19.3 Å². The molecule has 0 saturated heterocycles. The van der Waals surface area contributed by atoms with Gasteiger partial charge in [-0.15, -0.1) is 0 Å². The van der Waals surface area contributed by atoms with Gasteiger partial charge in [-0.2, -0.15) is 0 Å². The average molecular weight is 693 g/mol. The summed E-state index contributed by atoms with van der Waals surface area (Å²) in [7, 11) is 0. The van der Waals surface area contributed by atoms with Gasteiger partial charge >= 0.3 is 21.1 Å². The smallest absolute Gasteiger partial charge is 0.550 e. The number of carbonyl (C=O) groups excluding carboxylic acids is 3. The van der Waals surface area contributed by atoms with E-state index in [4.69, 9.17) is 16.6 Å². The molecule has 9 nitrogen and oxygen atoms in total. The Balaban J connectivity index is -0.000000347. The van der Waals surface area contributed by atoms with Gasteiger partial charge in [-0.1, -0.05) is 12.8 Å². The Labute approximate surface area is 162 Å². The van der Waals surface area contributed by atoms with Crippen molar-refractivity contribution >= 4 is 17.9 Å². The van der Waals surface area contributed by atoms with Crippen molar-refractivity contribution in [2.45, 2.75) is 50.3 Å². The number of aliphatic hydroxyl groups excluding tert-OH is 1. The van der Waals surface area contributed by atoms with Gasteiger partial charge in [0.15, 0.2) is 0 Å². The van der Waals surface area contributed by atoms with E-state index in [-0.39, 0.29) is 54.2 Å². The van der Waals surface area contributed by atoms with E-state index in [1.54, 1.807) is 0 Å². The fraction of sp³-hybridized carbons (Fsp3) is 0.750. The number of hydrogen-bond acceptors (Lipinski definition) is 9. The minimum atomic E-state index is -2.41. The Morgan fingerprint density at radius 1 is 1.00 bits per heavy atom. The predicted octanol–water partition coefficient (Wildman–Crippen LogP) is -5.19. The molecule has 5 N–H and O–H groups in total. The summed E-state index contributed by atoms with van der Waals surface area (Å²) in [5.41, 5.74) is 11.3. The van der Waals surface area contributed by atoms with E-state index in [2.05, 4.69) is 0 Å². The third-order valence-electron chi connectivity index (χ3n) is 3.19. The molecular formula is C12H19N2O7Pt2-. The molecule has 0 aromatic heterocycles. The molecule has 0 spiro atoms. The summed E-state index contributed by atoms with van der Waals surface area (Å²) in [6, 6.07) is 0.562. The maximum atomic E-state index is 10.1. The third kappa shape index (κ3) is 11.8. The van der Waals surface area contributed by atoms with Crippen LogP contribution in [0.15, 0.2) is 0 Å². The van der Waals surface area contributed by atoms with E-state index in [1.807, 2.05) is 0 Å². The molecule has 1 aliphatic carbocycles. The Morgan fingerprint density at radius 3 is 1.61 bits per heavy atom. The van der Waals surface area contributed by atoms with Crippen LogP contribution in [-0.4, -0.2) is 41.2 Å². The van der Waals surface area contributed by atoms with Crippen molar-refractivity contribution in [3.8, 4) is 0 Å². The Hall–Kier alpha value is -0.333. The minimum absolute atomic E-state index is 0. The zero-order chi connectivity index (χ0) is 16.6. The van der Waals surface area contributed by atoms with Crippen LogP contribution in [0.5, 0.6) is 0 Å². The van der Waals surface area contributed by atoms with Gasteiger partial charge in [-0.25, -0.2) is 0 Å². The summed E-state index contributed by atoms with van der Waals surface area (Å²) in [6.07, 6.45) is 1.24. The number of carboxylic acids is 3. The standard InChI is InChI=1S/C6H14N2.C6H8O7.2Pt/c7-5-3-1-2-4-6(5)8;7-3(8)1-2(5(10)11)4(9)6(12)13;;/h5-6H,1-4,7-8H2;2,4,9H,1H2,(H,7,8)(H,10,11)(H,12,13);;/q;;;+2/p-3. The molecule has 1 saturated carbocycles. The van der Waals surface area contributed by atoms with Gasteiger partial charge in [0.2, 0.25) is 0 Å². The summed E-state index contributed by atoms with van der Waals surface area (Å²) in [5.74, 6) is -7.92. The molecule has 1 fully saturated rings. The van der Waals surface area contributed by atoms with Crippen LogP contribution in [0.4, 0.5) is 0 Å². The zero-order valence-electron chi connectivity index (χ0n) is 12.0. The van der Waals surface area contributed by atoms with E-state index in [1.165, 1.54) is 12.8 Å². The second-order valence-corrected chi connectivity index (χ2v) is 4.88. The zero-order valence-corrected chi connectivity index (χ0v) is 16.6. The Morgan fingerprint density at radius 2 is 1.39 bits per heavy atom. The molecule has 23 heavy (non-hydrogen) atoms. The molecule has 0 amide bonds. The molecule has 4 atom stereocenters. The summed E-state index contributed by atoms with van der Waals surface area (Å²) in [4.78, 5) is 30.0. The summed E-state index contributed by atoms with van der Waals surface area (Å²) in [5, 5.41) is 38.6. The SMILES string of the molecule is NC1CCCCC1N.O=C([O-])CC(C(=O)[O-])C(O)C(=O)[O-].[Pt+2].[Pt]. The first-order chi connectivity index (χ1) is 9.66. The Kier molecular flexibility index (Phi) is 16.8. The van der Waals surface area contributed by atoms with E-state index < -0.39 is 36.4 Å². The van der Waals surface area contributed by atoms with Gasteiger partial charge < -0.3 is 46.3 Å². The van der Waals surface area contributed by atoms with Crippen molar-refractivity contribution in [1.29, 1.82) is 0 Å². The number of aliphatic carboxylic acids is 3. The van der Waals surface area contributed by atoms with Gasteiger partial charge in [-0.3, -0.25) is 0 Å². The van der Waals surface area contributed by atoms with Crippen LogP contribution < -0.4 is 26.8 Å². The van der Waals surface area contributed by atoms with Crippen LogP contribution in [0.1, 0.15) is 32.1 Å². The molecule has 0 aromatic rings. The quantitative estimate of drug-likeness (QED) is 0.253. The van der Waals surface area contributed by atoms with Crippen molar-refractivity contribution < 1.29 is 76.9 Å². The van der Waals surface area contributed by atoms with Gasteiger partial charge in [0.05, 0.1) is 5.97 Å². The molecular weight excluding hydrogens is 674 g/mol. The van der Waals surface area contributed by atoms with Crippen LogP contribution in [-0.2, 0) is 56.5 Å². The minimum Gasteiger partial charge on any atom is -0.550 e. The maximum absolute atomic E-state index is 10.1. The number of nitrogens with two attached hydrogens (primary N) is 2.